The number of rotatable bonds is 7. The van der Waals surface area contributed by atoms with Gasteiger partial charge in [-0.2, -0.15) is 0 Å². The van der Waals surface area contributed by atoms with Crippen LogP contribution in [0.1, 0.15) is 19.4 Å². The first-order valence-corrected chi connectivity index (χ1v) is 10.6. The second kappa shape index (κ2) is 7.17. The van der Waals surface area contributed by atoms with Crippen molar-refractivity contribution in [2.45, 2.75) is 20.4 Å². The molecule has 0 amide bonds. The van der Waals surface area contributed by atoms with Gasteiger partial charge in [-0.1, -0.05) is 12.1 Å². The third kappa shape index (κ3) is 3.45. The van der Waals surface area contributed by atoms with Crippen LogP contribution in [0.25, 0.3) is 0 Å². The topological polar surface area (TPSA) is 87.2 Å². The van der Waals surface area contributed by atoms with Gasteiger partial charge in [0, 0.05) is 38.6 Å². The highest BCUT2D eigenvalue weighted by Gasteiger charge is 2.59. The van der Waals surface area contributed by atoms with Gasteiger partial charge < -0.3 is 9.84 Å². The van der Waals surface area contributed by atoms with E-state index in [1.54, 1.807) is 6.92 Å². The van der Waals surface area contributed by atoms with E-state index in [1.165, 1.54) is 4.31 Å². The summed E-state index contributed by atoms with van der Waals surface area (Å²) in [7, 11) is -3.36. The minimum absolute atomic E-state index is 0.00527. The maximum Gasteiger partial charge on any atom is 0.312 e. The summed E-state index contributed by atoms with van der Waals surface area (Å²) in [6.07, 6.45) is 0. The van der Waals surface area contributed by atoms with Crippen LogP contribution in [0.3, 0.4) is 0 Å². The van der Waals surface area contributed by atoms with E-state index in [9.17, 15) is 18.3 Å². The van der Waals surface area contributed by atoms with Crippen molar-refractivity contribution >= 4 is 16.0 Å². The third-order valence-electron chi connectivity index (χ3n) is 5.47. The van der Waals surface area contributed by atoms with Crippen LogP contribution in [-0.2, 0) is 21.4 Å². The molecule has 1 N–H and O–H groups in total. The van der Waals surface area contributed by atoms with E-state index in [0.29, 0.717) is 32.8 Å². The summed E-state index contributed by atoms with van der Waals surface area (Å²) < 4.78 is 31.1. The van der Waals surface area contributed by atoms with Crippen molar-refractivity contribution in [3.8, 4) is 5.75 Å². The van der Waals surface area contributed by atoms with Crippen LogP contribution in [0.4, 0.5) is 0 Å². The van der Waals surface area contributed by atoms with Gasteiger partial charge >= 0.3 is 5.97 Å². The molecule has 0 unspecified atom stereocenters. The number of carboxylic acid groups (broad SMARTS) is 1. The SMILES string of the molecule is CCOc1ccc(CN2C[C@H]3CN(S(=O)(=O)CC)C[C@@]3(C(=O)O)C2)cc1. The quantitative estimate of drug-likeness (QED) is 0.764. The number of nitrogens with zero attached hydrogens (tertiary/aromatic N) is 2. The molecule has 8 heteroatoms. The molecule has 1 aromatic rings. The van der Waals surface area contributed by atoms with E-state index in [0.717, 1.165) is 11.3 Å². The van der Waals surface area contributed by atoms with E-state index < -0.39 is 21.4 Å². The standard InChI is InChI=1S/C18H26N2O5S/c1-3-25-16-7-5-14(6-8-16)9-19-10-15-11-20(26(23,24)4-2)13-18(15,12-19)17(21)22/h5-8,15H,3-4,9-13H2,1-2H3,(H,21,22)/t15-,18-/m0/s1. The van der Waals surface area contributed by atoms with E-state index in [2.05, 4.69) is 4.90 Å². The molecule has 2 aliphatic heterocycles. The van der Waals surface area contributed by atoms with Gasteiger partial charge in [0.05, 0.1) is 17.8 Å². The lowest BCUT2D eigenvalue weighted by Gasteiger charge is -2.25. The Morgan fingerprint density at radius 2 is 1.92 bits per heavy atom. The molecule has 7 nitrogen and oxygen atoms in total. The first-order valence-electron chi connectivity index (χ1n) is 8.96. The molecule has 144 valence electrons. The lowest BCUT2D eigenvalue weighted by Crippen LogP contribution is -2.42. The lowest BCUT2D eigenvalue weighted by atomic mass is 9.81. The highest BCUT2D eigenvalue weighted by molar-refractivity contribution is 7.89. The molecule has 2 atom stereocenters. The number of aliphatic carboxylic acids is 1. The molecule has 0 aromatic heterocycles. The number of fused-ring (bicyclic) bond motifs is 1. The molecule has 0 aliphatic carbocycles. The summed E-state index contributed by atoms with van der Waals surface area (Å²) in [5.74, 6) is -0.253. The zero-order chi connectivity index (χ0) is 18.9. The number of hydrogen-bond acceptors (Lipinski definition) is 5. The number of carbonyl (C=O) groups is 1. The fraction of sp³-hybridized carbons (Fsp3) is 0.611. The number of hydrogen-bond donors (Lipinski definition) is 1. The van der Waals surface area contributed by atoms with E-state index in [-0.39, 0.29) is 18.2 Å². The Balaban J connectivity index is 1.71. The summed E-state index contributed by atoms with van der Waals surface area (Å²) >= 11 is 0. The van der Waals surface area contributed by atoms with Crippen LogP contribution in [0.5, 0.6) is 5.75 Å². The molecule has 2 heterocycles. The second-order valence-corrected chi connectivity index (χ2v) is 9.36. The van der Waals surface area contributed by atoms with Crippen molar-refractivity contribution in [1.82, 2.24) is 9.21 Å². The number of ether oxygens (including phenoxy) is 1. The number of benzene rings is 1. The number of carboxylic acids is 1. The summed E-state index contributed by atoms with van der Waals surface area (Å²) in [6.45, 7) is 6.12. The fourth-order valence-electron chi connectivity index (χ4n) is 4.06. The van der Waals surface area contributed by atoms with E-state index in [4.69, 9.17) is 4.74 Å². The highest BCUT2D eigenvalue weighted by atomic mass is 32.2. The fourth-order valence-corrected chi connectivity index (χ4v) is 5.26. The van der Waals surface area contributed by atoms with Gasteiger partial charge in [-0.05, 0) is 31.5 Å². The van der Waals surface area contributed by atoms with Gasteiger partial charge in [0.25, 0.3) is 0 Å². The molecular weight excluding hydrogens is 356 g/mol. The van der Waals surface area contributed by atoms with Crippen LogP contribution in [0, 0.1) is 11.3 Å². The van der Waals surface area contributed by atoms with Crippen LogP contribution in [-0.4, -0.2) is 67.2 Å². The second-order valence-electron chi connectivity index (χ2n) is 7.10. The van der Waals surface area contributed by atoms with E-state index in [1.807, 2.05) is 31.2 Å². The van der Waals surface area contributed by atoms with Crippen molar-refractivity contribution in [2.75, 3.05) is 38.5 Å². The minimum atomic E-state index is -3.36. The third-order valence-corrected chi connectivity index (χ3v) is 7.27. The molecule has 2 aliphatic rings. The van der Waals surface area contributed by atoms with Gasteiger partial charge in [-0.3, -0.25) is 9.69 Å². The first-order chi connectivity index (χ1) is 12.3. The van der Waals surface area contributed by atoms with Crippen molar-refractivity contribution in [1.29, 1.82) is 0 Å². The number of likely N-dealkylation sites (tertiary alicyclic amines) is 1. The maximum atomic E-state index is 12.2. The Labute approximate surface area is 154 Å². The Kier molecular flexibility index (Phi) is 5.28. The summed E-state index contributed by atoms with van der Waals surface area (Å²) in [6, 6.07) is 7.80. The van der Waals surface area contributed by atoms with Crippen molar-refractivity contribution in [3.63, 3.8) is 0 Å². The predicted octanol–water partition coefficient (Wildman–Crippen LogP) is 1.25. The zero-order valence-corrected chi connectivity index (χ0v) is 16.0. The number of sulfonamides is 1. The first kappa shape index (κ1) is 19.1. The molecule has 0 spiro atoms. The normalized spacial score (nSPS) is 26.8. The maximum absolute atomic E-state index is 12.2. The molecule has 2 saturated heterocycles. The molecule has 26 heavy (non-hydrogen) atoms. The van der Waals surface area contributed by atoms with Gasteiger partial charge in [0.2, 0.25) is 10.0 Å². The predicted molar refractivity (Wildman–Crippen MR) is 97.5 cm³/mol. The minimum Gasteiger partial charge on any atom is -0.494 e. The Bertz CT molecular complexity index is 764. The van der Waals surface area contributed by atoms with Gasteiger partial charge in [0.1, 0.15) is 5.75 Å². The van der Waals surface area contributed by atoms with Crippen LogP contribution >= 0.6 is 0 Å². The van der Waals surface area contributed by atoms with Crippen LogP contribution in [0.2, 0.25) is 0 Å². The van der Waals surface area contributed by atoms with Crippen LogP contribution in [0.15, 0.2) is 24.3 Å². The molecular formula is C18H26N2O5S. The average Bonchev–Trinajstić information content (AvgIpc) is 3.12. The lowest BCUT2D eigenvalue weighted by molar-refractivity contribution is -0.148. The summed E-state index contributed by atoms with van der Waals surface area (Å²) in [5, 5.41) is 9.85. The van der Waals surface area contributed by atoms with E-state index >= 15 is 0 Å². The molecule has 2 fully saturated rings. The van der Waals surface area contributed by atoms with Crippen LogP contribution < -0.4 is 4.74 Å². The highest BCUT2D eigenvalue weighted by Crippen LogP contribution is 2.44. The summed E-state index contributed by atoms with van der Waals surface area (Å²) in [4.78, 5) is 14.1. The van der Waals surface area contributed by atoms with Crippen molar-refractivity contribution < 1.29 is 23.1 Å². The van der Waals surface area contributed by atoms with Crippen molar-refractivity contribution in [3.05, 3.63) is 29.8 Å². The van der Waals surface area contributed by atoms with Gasteiger partial charge in [-0.15, -0.1) is 0 Å². The van der Waals surface area contributed by atoms with Gasteiger partial charge in [0.15, 0.2) is 0 Å². The van der Waals surface area contributed by atoms with Crippen molar-refractivity contribution in [2.24, 2.45) is 11.3 Å². The molecule has 0 saturated carbocycles. The Hall–Kier alpha value is -1.64. The Morgan fingerprint density at radius 1 is 1.23 bits per heavy atom. The monoisotopic (exact) mass is 382 g/mol. The smallest absolute Gasteiger partial charge is 0.312 e. The average molecular weight is 382 g/mol. The Morgan fingerprint density at radius 3 is 2.46 bits per heavy atom. The molecule has 3 rings (SSSR count). The molecule has 1 aromatic carbocycles. The largest absolute Gasteiger partial charge is 0.494 e. The zero-order valence-electron chi connectivity index (χ0n) is 15.2. The summed E-state index contributed by atoms with van der Waals surface area (Å²) in [5.41, 5.74) is 0.0834. The molecule has 0 bridgehead atoms. The van der Waals surface area contributed by atoms with Gasteiger partial charge in [-0.25, -0.2) is 12.7 Å². The molecule has 0 radical (unpaired) electrons.